The molecule has 0 atom stereocenters. The van der Waals surface area contributed by atoms with Crippen molar-refractivity contribution in [3.63, 3.8) is 0 Å². The van der Waals surface area contributed by atoms with Crippen molar-refractivity contribution < 1.29 is 9.47 Å². The fourth-order valence-corrected chi connectivity index (χ4v) is 4.91. The van der Waals surface area contributed by atoms with Crippen LogP contribution in [-0.4, -0.2) is 57.6 Å². The van der Waals surface area contributed by atoms with Crippen LogP contribution in [0.15, 0.2) is 67.3 Å². The Balaban J connectivity index is 1.29. The number of hydrogen-bond acceptors (Lipinski definition) is 6. The number of anilines is 1. The minimum atomic E-state index is 0.607. The number of hydrogen-bond donors (Lipinski definition) is 0. The largest absolute Gasteiger partial charge is 0.495 e. The molecule has 1 aliphatic rings. The number of methoxy groups -OCH3 is 1. The topological polar surface area (TPSA) is 69.7 Å². The van der Waals surface area contributed by atoms with E-state index >= 15 is 0 Å². The number of aromatic nitrogens is 5. The smallest absolute Gasteiger partial charge is 0.163 e. The van der Waals surface area contributed by atoms with E-state index in [0.717, 1.165) is 77.2 Å². The van der Waals surface area contributed by atoms with Crippen LogP contribution in [0, 0.1) is 13.8 Å². The molecule has 0 bridgehead atoms. The molecule has 5 aromatic rings. The zero-order chi connectivity index (χ0) is 25.4. The Morgan fingerprint density at radius 1 is 0.973 bits per heavy atom. The average Bonchev–Trinajstić information content (AvgIpc) is 3.54. The van der Waals surface area contributed by atoms with Crippen molar-refractivity contribution in [3.8, 4) is 22.6 Å². The normalized spacial score (nSPS) is 13.9. The second kappa shape index (κ2) is 9.71. The number of fused-ring (bicyclic) bond motifs is 1. The lowest BCUT2D eigenvalue weighted by atomic mass is 10.0. The molecule has 8 nitrogen and oxygen atoms in total. The maximum Gasteiger partial charge on any atom is 0.163 e. The van der Waals surface area contributed by atoms with E-state index in [1.807, 2.05) is 34.5 Å². The lowest BCUT2D eigenvalue weighted by molar-refractivity contribution is 0.122. The fourth-order valence-electron chi connectivity index (χ4n) is 4.91. The summed E-state index contributed by atoms with van der Waals surface area (Å²) in [5, 5.41) is 4.81. The quantitative estimate of drug-likeness (QED) is 0.343. The maximum absolute atomic E-state index is 5.69. The summed E-state index contributed by atoms with van der Waals surface area (Å²) < 4.78 is 15.0. The van der Waals surface area contributed by atoms with Crippen LogP contribution in [-0.2, 0) is 11.2 Å². The SMILES string of the molecule is COc1cc(Cc2nc3c(-c4ccc(N5CCOCC5)cc4)cc(C)cn3n2)ccc1-n1cnc(C)c1. The third-order valence-corrected chi connectivity index (χ3v) is 6.76. The molecule has 6 rings (SSSR count). The van der Waals surface area contributed by atoms with Crippen LogP contribution in [0.4, 0.5) is 5.69 Å². The molecule has 1 fully saturated rings. The molecule has 8 heteroatoms. The van der Waals surface area contributed by atoms with Crippen LogP contribution in [0.1, 0.15) is 22.6 Å². The predicted molar refractivity (Wildman–Crippen MR) is 144 cm³/mol. The molecule has 0 unspecified atom stereocenters. The summed E-state index contributed by atoms with van der Waals surface area (Å²) in [7, 11) is 1.69. The van der Waals surface area contributed by atoms with Gasteiger partial charge in [-0.05, 0) is 60.9 Å². The molecule has 188 valence electrons. The van der Waals surface area contributed by atoms with E-state index in [-0.39, 0.29) is 0 Å². The van der Waals surface area contributed by atoms with Crippen LogP contribution in [0.25, 0.3) is 22.5 Å². The molecule has 3 aromatic heterocycles. The molecule has 1 aliphatic heterocycles. The zero-order valence-corrected chi connectivity index (χ0v) is 21.4. The molecule has 37 heavy (non-hydrogen) atoms. The van der Waals surface area contributed by atoms with Gasteiger partial charge in [0.2, 0.25) is 0 Å². The first-order valence-corrected chi connectivity index (χ1v) is 12.5. The summed E-state index contributed by atoms with van der Waals surface area (Å²) >= 11 is 0. The van der Waals surface area contributed by atoms with Crippen LogP contribution in [0.3, 0.4) is 0 Å². The van der Waals surface area contributed by atoms with E-state index in [0.29, 0.717) is 6.42 Å². The van der Waals surface area contributed by atoms with E-state index in [9.17, 15) is 0 Å². The van der Waals surface area contributed by atoms with Gasteiger partial charge >= 0.3 is 0 Å². The molecular formula is C29H30N6O2. The van der Waals surface area contributed by atoms with Crippen molar-refractivity contribution >= 4 is 11.3 Å². The molecule has 0 spiro atoms. The number of benzene rings is 2. The molecule has 0 saturated carbocycles. The first-order chi connectivity index (χ1) is 18.1. The van der Waals surface area contributed by atoms with Gasteiger partial charge in [-0.3, -0.25) is 0 Å². The lowest BCUT2D eigenvalue weighted by Gasteiger charge is -2.28. The second-order valence-electron chi connectivity index (χ2n) is 9.48. The number of rotatable bonds is 6. The van der Waals surface area contributed by atoms with Gasteiger partial charge in [-0.1, -0.05) is 18.2 Å². The Bertz CT molecular complexity index is 1550. The Kier molecular flexibility index (Phi) is 6.10. The van der Waals surface area contributed by atoms with Gasteiger partial charge in [-0.25, -0.2) is 14.5 Å². The Hall–Kier alpha value is -4.17. The van der Waals surface area contributed by atoms with E-state index in [4.69, 9.17) is 19.6 Å². The highest BCUT2D eigenvalue weighted by molar-refractivity contribution is 5.79. The first kappa shape index (κ1) is 23.2. The summed E-state index contributed by atoms with van der Waals surface area (Å²) in [6.45, 7) is 7.47. The van der Waals surface area contributed by atoms with Crippen molar-refractivity contribution in [3.05, 3.63) is 89.9 Å². The van der Waals surface area contributed by atoms with Crippen molar-refractivity contribution in [2.24, 2.45) is 0 Å². The minimum Gasteiger partial charge on any atom is -0.495 e. The number of nitrogens with zero attached hydrogens (tertiary/aromatic N) is 6. The molecule has 1 saturated heterocycles. The van der Waals surface area contributed by atoms with Crippen molar-refractivity contribution in [1.82, 2.24) is 24.1 Å². The molecule has 0 amide bonds. The summed E-state index contributed by atoms with van der Waals surface area (Å²) in [5.74, 6) is 1.56. The summed E-state index contributed by atoms with van der Waals surface area (Å²) in [6, 6.07) is 17.1. The Labute approximate surface area is 216 Å². The third kappa shape index (κ3) is 4.68. The number of morpholine rings is 1. The Morgan fingerprint density at radius 3 is 2.51 bits per heavy atom. The highest BCUT2D eigenvalue weighted by atomic mass is 16.5. The van der Waals surface area contributed by atoms with Gasteiger partial charge in [0.05, 0.1) is 38.0 Å². The van der Waals surface area contributed by atoms with Gasteiger partial charge in [0.15, 0.2) is 11.5 Å². The van der Waals surface area contributed by atoms with E-state index in [1.165, 1.54) is 5.69 Å². The third-order valence-electron chi connectivity index (χ3n) is 6.76. The van der Waals surface area contributed by atoms with Crippen LogP contribution in [0.5, 0.6) is 5.75 Å². The summed E-state index contributed by atoms with van der Waals surface area (Å²) in [6.07, 6.45) is 6.42. The molecular weight excluding hydrogens is 464 g/mol. The number of pyridine rings is 1. The predicted octanol–water partition coefficient (Wildman–Crippen LogP) is 4.63. The summed E-state index contributed by atoms with van der Waals surface area (Å²) in [5.41, 5.74) is 8.43. The standard InChI is InChI=1S/C29H30N6O2/c1-20-14-25(23-5-7-24(8-6-23)33-10-12-37-13-11-33)29-31-28(32-35(29)17-20)16-22-4-9-26(27(15-22)36-3)34-18-21(2)30-19-34/h4-9,14-15,17-19H,10-13,16H2,1-3H3. The van der Waals surface area contributed by atoms with Crippen LogP contribution >= 0.6 is 0 Å². The van der Waals surface area contributed by atoms with Gasteiger partial charge < -0.3 is 18.9 Å². The van der Waals surface area contributed by atoms with Crippen molar-refractivity contribution in [2.75, 3.05) is 38.3 Å². The van der Waals surface area contributed by atoms with Crippen LogP contribution in [0.2, 0.25) is 0 Å². The zero-order valence-electron chi connectivity index (χ0n) is 21.4. The molecule has 2 aromatic carbocycles. The summed E-state index contributed by atoms with van der Waals surface area (Å²) in [4.78, 5) is 11.6. The second-order valence-corrected chi connectivity index (χ2v) is 9.48. The van der Waals surface area contributed by atoms with Crippen molar-refractivity contribution in [2.45, 2.75) is 20.3 Å². The maximum atomic E-state index is 5.69. The van der Waals surface area contributed by atoms with Gasteiger partial charge in [-0.2, -0.15) is 5.10 Å². The van der Waals surface area contributed by atoms with Gasteiger partial charge in [0.25, 0.3) is 0 Å². The molecule has 0 radical (unpaired) electrons. The van der Waals surface area contributed by atoms with Gasteiger partial charge in [0.1, 0.15) is 5.75 Å². The molecule has 0 aliphatic carbocycles. The van der Waals surface area contributed by atoms with Gasteiger partial charge in [0, 0.05) is 43.2 Å². The molecule has 0 N–H and O–H groups in total. The van der Waals surface area contributed by atoms with E-state index in [1.54, 1.807) is 13.4 Å². The average molecular weight is 495 g/mol. The van der Waals surface area contributed by atoms with E-state index < -0.39 is 0 Å². The number of ether oxygens (including phenoxy) is 2. The monoisotopic (exact) mass is 494 g/mol. The number of aryl methyl sites for hydroxylation is 2. The molecule has 4 heterocycles. The van der Waals surface area contributed by atoms with Crippen molar-refractivity contribution in [1.29, 1.82) is 0 Å². The fraction of sp³-hybridized carbons (Fsp3) is 0.276. The number of imidazole rings is 1. The highest BCUT2D eigenvalue weighted by Gasteiger charge is 2.15. The Morgan fingerprint density at radius 2 is 1.78 bits per heavy atom. The lowest BCUT2D eigenvalue weighted by Crippen LogP contribution is -2.36. The first-order valence-electron chi connectivity index (χ1n) is 12.5. The minimum absolute atomic E-state index is 0.607. The highest BCUT2D eigenvalue weighted by Crippen LogP contribution is 2.29. The van der Waals surface area contributed by atoms with Gasteiger partial charge in [-0.15, -0.1) is 0 Å². The van der Waals surface area contributed by atoms with Crippen LogP contribution < -0.4 is 9.64 Å². The van der Waals surface area contributed by atoms with E-state index in [2.05, 4.69) is 59.3 Å².